The number of nitrogens with zero attached hydrogens (tertiary/aromatic N) is 1. The molecule has 21 heavy (non-hydrogen) atoms. The Labute approximate surface area is 127 Å². The molecule has 0 radical (unpaired) electrons. The average Bonchev–Trinajstić information content (AvgIpc) is 2.45. The first-order valence-corrected chi connectivity index (χ1v) is 7.79. The number of benzene rings is 2. The van der Waals surface area contributed by atoms with Crippen LogP contribution in [0.2, 0.25) is 5.02 Å². The zero-order chi connectivity index (χ0) is 15.5. The number of hydrogen-bond acceptors (Lipinski definition) is 3. The van der Waals surface area contributed by atoms with Gasteiger partial charge in [0.15, 0.2) is 0 Å². The maximum absolute atomic E-state index is 12.7. The smallest absolute Gasteiger partial charge is 0.324 e. The van der Waals surface area contributed by atoms with Crippen LogP contribution in [0, 0.1) is 0 Å². The standard InChI is InChI=1S/C14H12ClNO4S/c15-12-8-4-5-9-13(12)21(19,20)16(10-14(17)18)11-6-2-1-3-7-11/h1-9H,10H2,(H,17,18). The predicted molar refractivity (Wildman–Crippen MR) is 80.1 cm³/mol. The van der Waals surface area contributed by atoms with Crippen LogP contribution in [0.5, 0.6) is 0 Å². The van der Waals surface area contributed by atoms with Gasteiger partial charge in [-0.1, -0.05) is 41.9 Å². The van der Waals surface area contributed by atoms with Gasteiger partial charge >= 0.3 is 5.97 Å². The van der Waals surface area contributed by atoms with E-state index in [1.807, 2.05) is 0 Å². The van der Waals surface area contributed by atoms with Crippen molar-refractivity contribution in [2.45, 2.75) is 4.90 Å². The van der Waals surface area contributed by atoms with E-state index in [2.05, 4.69) is 0 Å². The Morgan fingerprint density at radius 3 is 2.19 bits per heavy atom. The van der Waals surface area contributed by atoms with Gasteiger partial charge in [0.25, 0.3) is 10.0 Å². The normalized spacial score (nSPS) is 11.1. The molecule has 5 nitrogen and oxygen atoms in total. The molecule has 7 heteroatoms. The highest BCUT2D eigenvalue weighted by molar-refractivity contribution is 7.93. The lowest BCUT2D eigenvalue weighted by atomic mass is 10.3. The lowest BCUT2D eigenvalue weighted by molar-refractivity contribution is -0.135. The summed E-state index contributed by atoms with van der Waals surface area (Å²) in [5, 5.41) is 9.03. The quantitative estimate of drug-likeness (QED) is 0.917. The highest BCUT2D eigenvalue weighted by Crippen LogP contribution is 2.27. The number of sulfonamides is 1. The molecular weight excluding hydrogens is 314 g/mol. The van der Waals surface area contributed by atoms with Crippen molar-refractivity contribution in [2.75, 3.05) is 10.8 Å². The van der Waals surface area contributed by atoms with Crippen molar-refractivity contribution in [3.05, 3.63) is 59.6 Å². The fourth-order valence-electron chi connectivity index (χ4n) is 1.80. The van der Waals surface area contributed by atoms with E-state index in [1.165, 1.54) is 30.3 Å². The van der Waals surface area contributed by atoms with Crippen molar-refractivity contribution in [3.63, 3.8) is 0 Å². The number of anilines is 1. The van der Waals surface area contributed by atoms with Gasteiger partial charge in [-0.05, 0) is 24.3 Å². The van der Waals surface area contributed by atoms with Gasteiger partial charge in [0.1, 0.15) is 11.4 Å². The molecule has 0 aliphatic heterocycles. The summed E-state index contributed by atoms with van der Waals surface area (Å²) >= 11 is 5.92. The second kappa shape index (κ2) is 6.15. The summed E-state index contributed by atoms with van der Waals surface area (Å²) in [6.07, 6.45) is 0. The van der Waals surface area contributed by atoms with E-state index in [9.17, 15) is 13.2 Å². The van der Waals surface area contributed by atoms with Crippen molar-refractivity contribution in [3.8, 4) is 0 Å². The Bertz CT molecular complexity index is 747. The minimum atomic E-state index is -4.06. The third-order valence-electron chi connectivity index (χ3n) is 2.73. The Hall–Kier alpha value is -2.05. The van der Waals surface area contributed by atoms with Gasteiger partial charge < -0.3 is 5.11 Å². The Morgan fingerprint density at radius 2 is 1.62 bits per heavy atom. The van der Waals surface area contributed by atoms with E-state index < -0.39 is 22.5 Å². The third-order valence-corrected chi connectivity index (χ3v) is 5.00. The van der Waals surface area contributed by atoms with Crippen LogP contribution >= 0.6 is 11.6 Å². The van der Waals surface area contributed by atoms with Crippen LogP contribution in [-0.4, -0.2) is 26.0 Å². The molecule has 0 heterocycles. The summed E-state index contributed by atoms with van der Waals surface area (Å²) in [4.78, 5) is 10.9. The van der Waals surface area contributed by atoms with Gasteiger partial charge in [-0.2, -0.15) is 0 Å². The van der Waals surface area contributed by atoms with E-state index in [1.54, 1.807) is 24.3 Å². The van der Waals surface area contributed by atoms with Gasteiger partial charge in [0.05, 0.1) is 10.7 Å². The van der Waals surface area contributed by atoms with E-state index in [0.717, 1.165) is 4.31 Å². The fraction of sp³-hybridized carbons (Fsp3) is 0.0714. The second-order valence-electron chi connectivity index (χ2n) is 4.17. The molecule has 0 unspecified atom stereocenters. The number of carbonyl (C=O) groups is 1. The molecule has 0 aromatic heterocycles. The van der Waals surface area contributed by atoms with Gasteiger partial charge in [0, 0.05) is 0 Å². The molecule has 0 spiro atoms. The molecule has 0 saturated carbocycles. The van der Waals surface area contributed by atoms with Crippen LogP contribution in [0.4, 0.5) is 5.69 Å². The number of rotatable bonds is 5. The van der Waals surface area contributed by atoms with E-state index in [-0.39, 0.29) is 15.6 Å². The molecule has 2 aromatic carbocycles. The second-order valence-corrected chi connectivity index (χ2v) is 6.41. The Balaban J connectivity index is 2.56. The monoisotopic (exact) mass is 325 g/mol. The molecule has 0 amide bonds. The van der Waals surface area contributed by atoms with Gasteiger partial charge in [-0.3, -0.25) is 9.10 Å². The highest BCUT2D eigenvalue weighted by Gasteiger charge is 2.28. The molecule has 0 saturated heterocycles. The van der Waals surface area contributed by atoms with Crippen LogP contribution < -0.4 is 4.31 Å². The number of carboxylic acid groups (broad SMARTS) is 1. The highest BCUT2D eigenvalue weighted by atomic mass is 35.5. The minimum Gasteiger partial charge on any atom is -0.480 e. The zero-order valence-corrected chi connectivity index (χ0v) is 12.4. The molecule has 110 valence electrons. The maximum Gasteiger partial charge on any atom is 0.324 e. The Kier molecular flexibility index (Phi) is 4.50. The average molecular weight is 326 g/mol. The van der Waals surface area contributed by atoms with Crippen molar-refractivity contribution >= 4 is 33.3 Å². The summed E-state index contributed by atoms with van der Waals surface area (Å²) in [5.41, 5.74) is 0.264. The molecule has 0 fully saturated rings. The van der Waals surface area contributed by atoms with Crippen LogP contribution in [-0.2, 0) is 14.8 Å². The van der Waals surface area contributed by atoms with Gasteiger partial charge in [-0.15, -0.1) is 0 Å². The van der Waals surface area contributed by atoms with Gasteiger partial charge in [-0.25, -0.2) is 8.42 Å². The molecule has 2 rings (SSSR count). The van der Waals surface area contributed by atoms with Crippen LogP contribution in [0.25, 0.3) is 0 Å². The van der Waals surface area contributed by atoms with E-state index in [0.29, 0.717) is 0 Å². The summed E-state index contributed by atoms with van der Waals surface area (Å²) in [6.45, 7) is -0.683. The van der Waals surface area contributed by atoms with Crippen LogP contribution in [0.3, 0.4) is 0 Å². The third kappa shape index (κ3) is 3.34. The van der Waals surface area contributed by atoms with Gasteiger partial charge in [0.2, 0.25) is 0 Å². The first-order valence-electron chi connectivity index (χ1n) is 5.97. The number of aliphatic carboxylic acids is 1. The largest absolute Gasteiger partial charge is 0.480 e. The SMILES string of the molecule is O=C(O)CN(c1ccccc1)S(=O)(=O)c1ccccc1Cl. The number of halogens is 1. The summed E-state index contributed by atoms with van der Waals surface area (Å²) < 4.78 is 26.2. The van der Waals surface area contributed by atoms with E-state index >= 15 is 0 Å². The maximum atomic E-state index is 12.7. The molecule has 0 aliphatic carbocycles. The molecule has 0 bridgehead atoms. The number of hydrogen-bond donors (Lipinski definition) is 1. The topological polar surface area (TPSA) is 74.7 Å². The van der Waals surface area contributed by atoms with Crippen molar-refractivity contribution in [2.24, 2.45) is 0 Å². The van der Waals surface area contributed by atoms with Crippen molar-refractivity contribution in [1.82, 2.24) is 0 Å². The first kappa shape index (κ1) is 15.3. The van der Waals surface area contributed by atoms with Crippen molar-refractivity contribution in [1.29, 1.82) is 0 Å². The summed E-state index contributed by atoms with van der Waals surface area (Å²) in [7, 11) is -4.06. The fourth-order valence-corrected chi connectivity index (χ4v) is 3.72. The molecule has 2 aromatic rings. The zero-order valence-electron chi connectivity index (χ0n) is 10.8. The predicted octanol–water partition coefficient (Wildman–Crippen LogP) is 2.62. The number of para-hydroxylation sites is 1. The Morgan fingerprint density at radius 1 is 1.05 bits per heavy atom. The summed E-state index contributed by atoms with van der Waals surface area (Å²) in [5.74, 6) is -1.26. The summed E-state index contributed by atoms with van der Waals surface area (Å²) in [6, 6.07) is 13.9. The minimum absolute atomic E-state index is 0.0452. The first-order chi connectivity index (χ1) is 9.93. The lowest BCUT2D eigenvalue weighted by Gasteiger charge is -2.23. The number of carboxylic acids is 1. The molecule has 0 aliphatic rings. The van der Waals surface area contributed by atoms with E-state index in [4.69, 9.17) is 16.7 Å². The molecular formula is C14H12ClNO4S. The molecule has 1 N–H and O–H groups in total. The lowest BCUT2D eigenvalue weighted by Crippen LogP contribution is -2.35. The molecule has 0 atom stereocenters. The van der Waals surface area contributed by atoms with Crippen LogP contribution in [0.1, 0.15) is 0 Å². The van der Waals surface area contributed by atoms with Crippen molar-refractivity contribution < 1.29 is 18.3 Å². The van der Waals surface area contributed by atoms with Crippen LogP contribution in [0.15, 0.2) is 59.5 Å².